The number of hydroxylamine groups is 2. The van der Waals surface area contributed by atoms with Crippen LogP contribution in [0.3, 0.4) is 0 Å². The van der Waals surface area contributed by atoms with Gasteiger partial charge in [-0.25, -0.2) is 0 Å². The highest BCUT2D eigenvalue weighted by molar-refractivity contribution is 6.26. The second-order valence-electron chi connectivity index (χ2n) is 3.60. The van der Waals surface area contributed by atoms with E-state index in [0.717, 1.165) is 5.22 Å². The van der Waals surface area contributed by atoms with Gasteiger partial charge in [0.1, 0.15) is 0 Å². The zero-order chi connectivity index (χ0) is 16.6. The maximum atomic E-state index is 11.8. The summed E-state index contributed by atoms with van der Waals surface area (Å²) >= 11 is 0. The van der Waals surface area contributed by atoms with E-state index in [-0.39, 0.29) is 10.6 Å². The summed E-state index contributed by atoms with van der Waals surface area (Å²) in [5.74, 6) is -1.45. The normalized spacial score (nSPS) is 13.7. The molecule has 1 aromatic carbocycles. The van der Waals surface area contributed by atoms with Crippen LogP contribution >= 0.6 is 0 Å². The number of imide groups is 1. The highest BCUT2D eigenvalue weighted by Gasteiger charge is 2.30. The minimum absolute atomic E-state index is 0.124. The Balaban J connectivity index is 0.000000921. The van der Waals surface area contributed by atoms with Gasteiger partial charge in [-0.2, -0.15) is 0 Å². The first-order chi connectivity index (χ1) is 10.1. The molecule has 0 fully saturated rings. The molecule has 1 aliphatic rings. The van der Waals surface area contributed by atoms with Crippen molar-refractivity contribution < 1.29 is 14.8 Å². The molecule has 0 aliphatic carbocycles. The molecule has 1 heterocycles. The maximum absolute atomic E-state index is 11.8. The van der Waals surface area contributed by atoms with Crippen LogP contribution in [0, 0.1) is 0 Å². The molecule has 1 aromatic rings. The Morgan fingerprint density at radius 3 is 2.14 bits per heavy atom. The Morgan fingerprint density at radius 1 is 1.10 bits per heavy atom. The fraction of sp³-hybridized carbons (Fsp3) is 0.294. The third-order valence-electron chi connectivity index (χ3n) is 2.73. The lowest BCUT2D eigenvalue weighted by atomic mass is 9.99. The van der Waals surface area contributed by atoms with E-state index in [1.807, 2.05) is 34.6 Å². The number of benzene rings is 1. The van der Waals surface area contributed by atoms with Crippen molar-refractivity contribution in [2.24, 2.45) is 0 Å². The number of rotatable bonds is 1. The molecule has 4 nitrogen and oxygen atoms in total. The second-order valence-corrected chi connectivity index (χ2v) is 3.60. The van der Waals surface area contributed by atoms with Gasteiger partial charge in [-0.05, 0) is 18.2 Å². The van der Waals surface area contributed by atoms with Gasteiger partial charge < -0.3 is 0 Å². The van der Waals surface area contributed by atoms with E-state index in [1.165, 1.54) is 6.08 Å². The third kappa shape index (κ3) is 3.47. The minimum Gasteiger partial charge on any atom is -0.278 e. The van der Waals surface area contributed by atoms with E-state index in [4.69, 9.17) is 0 Å². The van der Waals surface area contributed by atoms with Crippen molar-refractivity contribution in [3.8, 4) is 0 Å². The summed E-state index contributed by atoms with van der Waals surface area (Å²) in [5, 5.41) is 10.8. The topological polar surface area (TPSA) is 57.6 Å². The Labute approximate surface area is 125 Å². The van der Waals surface area contributed by atoms with Gasteiger partial charge in [-0.1, -0.05) is 58.6 Å². The van der Waals surface area contributed by atoms with Crippen molar-refractivity contribution in [1.29, 1.82) is 0 Å². The molecule has 2 amide bonds. The van der Waals surface area contributed by atoms with Gasteiger partial charge >= 0.3 is 0 Å². The van der Waals surface area contributed by atoms with Gasteiger partial charge in [0, 0.05) is 5.22 Å². The van der Waals surface area contributed by atoms with Crippen molar-refractivity contribution in [1.82, 2.24) is 5.06 Å². The lowest BCUT2D eigenvalue weighted by Crippen LogP contribution is -2.47. The molecule has 114 valence electrons. The van der Waals surface area contributed by atoms with E-state index >= 15 is 0 Å². The van der Waals surface area contributed by atoms with Crippen LogP contribution in [-0.2, 0) is 4.79 Å². The van der Waals surface area contributed by atoms with E-state index in [0.29, 0.717) is 10.8 Å². The van der Waals surface area contributed by atoms with Gasteiger partial charge in [0.05, 0.1) is 11.1 Å². The predicted molar refractivity (Wildman–Crippen MR) is 85.1 cm³/mol. The van der Waals surface area contributed by atoms with Crippen molar-refractivity contribution in [3.63, 3.8) is 0 Å². The van der Waals surface area contributed by atoms with Gasteiger partial charge in [-0.3, -0.25) is 14.8 Å². The average Bonchev–Trinajstić information content (AvgIpc) is 2.56. The van der Waals surface area contributed by atoms with Crippen molar-refractivity contribution >= 4 is 23.5 Å². The molecule has 0 saturated heterocycles. The summed E-state index contributed by atoms with van der Waals surface area (Å²) in [6.45, 7) is 13.4. The number of fused-ring (bicyclic) bond motifs is 1. The molecule has 4 heteroatoms. The smallest absolute Gasteiger partial charge is 0.278 e. The van der Waals surface area contributed by atoms with Gasteiger partial charge in [-0.15, -0.1) is 5.06 Å². The van der Waals surface area contributed by atoms with Crippen LogP contribution in [0.5, 0.6) is 0 Å². The summed E-state index contributed by atoms with van der Waals surface area (Å²) in [6.07, 6.45) is 3.15. The Hall–Kier alpha value is -2.20. The highest BCUT2D eigenvalue weighted by atomic mass is 16.5. The molecule has 0 unspecified atom stereocenters. The molecular weight excluding hydrogens is 266 g/mol. The molecule has 1 N–H and O–H groups in total. The first kappa shape index (κ1) is 18.8. The molecule has 0 aromatic heterocycles. The van der Waals surface area contributed by atoms with Gasteiger partial charge in [0.15, 0.2) is 0 Å². The minimum atomic E-state index is -0.744. The quantitative estimate of drug-likeness (QED) is 0.637. The second kappa shape index (κ2) is 8.87. The molecule has 0 saturated carbocycles. The Bertz CT molecular complexity index is 644. The van der Waals surface area contributed by atoms with Gasteiger partial charge in [0.25, 0.3) is 11.8 Å². The van der Waals surface area contributed by atoms with Crippen molar-refractivity contribution in [2.45, 2.75) is 34.6 Å². The molecular formula is C17H23NO3. The molecule has 1 aliphatic heterocycles. The lowest BCUT2D eigenvalue weighted by molar-refractivity contribution is -0.147. The summed E-state index contributed by atoms with van der Waals surface area (Å²) in [7, 11) is 0. The molecule has 0 spiro atoms. The average molecular weight is 289 g/mol. The summed E-state index contributed by atoms with van der Waals surface area (Å²) in [6, 6.07) is 5.08. The van der Waals surface area contributed by atoms with Crippen LogP contribution in [0.1, 0.15) is 45.0 Å². The Kier molecular flexibility index (Phi) is 7.94. The zero-order valence-electron chi connectivity index (χ0n) is 13.3. The molecule has 0 atom stereocenters. The van der Waals surface area contributed by atoms with Gasteiger partial charge in [0.2, 0.25) is 0 Å². The summed E-state index contributed by atoms with van der Waals surface area (Å²) < 4.78 is 0. The first-order valence-electron chi connectivity index (χ1n) is 7.11. The van der Waals surface area contributed by atoms with Crippen LogP contribution in [0.25, 0.3) is 11.6 Å². The number of carbonyl (C=O) groups excluding carboxylic acids is 2. The van der Waals surface area contributed by atoms with E-state index in [2.05, 4.69) is 6.58 Å². The predicted octanol–water partition coefficient (Wildman–Crippen LogP) is 2.25. The number of carbonyl (C=O) groups is 2. The first-order valence-corrected chi connectivity index (χ1v) is 7.11. The third-order valence-corrected chi connectivity index (χ3v) is 2.73. The monoisotopic (exact) mass is 289 g/mol. The lowest BCUT2D eigenvalue weighted by Gasteiger charge is -2.19. The standard InChI is InChI=1S/C13H11NO3.2C2H6/c1-3-8-6-5-7-10-11(8)9(4-2)12(15)14(17)13(10)16;2*1-2/h3-7,17H,2H2,1H3;2*1-2H3/b8-3-;;. The van der Waals surface area contributed by atoms with Crippen LogP contribution < -0.4 is 10.4 Å². The molecule has 2 rings (SSSR count). The van der Waals surface area contributed by atoms with Crippen molar-refractivity contribution in [3.05, 3.63) is 46.9 Å². The highest BCUT2D eigenvalue weighted by Crippen LogP contribution is 2.10. The van der Waals surface area contributed by atoms with E-state index in [9.17, 15) is 14.8 Å². The number of hydrogen-bond acceptors (Lipinski definition) is 3. The van der Waals surface area contributed by atoms with Crippen LogP contribution in [-0.4, -0.2) is 22.1 Å². The zero-order valence-corrected chi connectivity index (χ0v) is 13.3. The maximum Gasteiger partial charge on any atom is 0.285 e. The van der Waals surface area contributed by atoms with E-state index < -0.39 is 11.8 Å². The van der Waals surface area contributed by atoms with Crippen molar-refractivity contribution in [2.75, 3.05) is 0 Å². The number of amides is 2. The van der Waals surface area contributed by atoms with E-state index in [1.54, 1.807) is 24.3 Å². The number of hydrogen-bond donors (Lipinski definition) is 1. The summed E-state index contributed by atoms with van der Waals surface area (Å²) in [4.78, 5) is 23.5. The Morgan fingerprint density at radius 2 is 1.67 bits per heavy atom. The fourth-order valence-corrected chi connectivity index (χ4v) is 1.91. The molecule has 0 bridgehead atoms. The van der Waals surface area contributed by atoms with Crippen LogP contribution in [0.15, 0.2) is 30.9 Å². The largest absolute Gasteiger partial charge is 0.285 e. The SMILES string of the molecule is C=CC1=c2c(ccc/c2=C/C)C(=O)N(O)C1=O.CC.CC. The fourth-order valence-electron chi connectivity index (χ4n) is 1.91. The number of nitrogens with zero attached hydrogens (tertiary/aromatic N) is 1. The molecule has 0 radical (unpaired) electrons. The summed E-state index contributed by atoms with van der Waals surface area (Å²) in [5.41, 5.74) is 0.536. The van der Waals surface area contributed by atoms with Crippen LogP contribution in [0.2, 0.25) is 0 Å². The molecule has 21 heavy (non-hydrogen) atoms. The van der Waals surface area contributed by atoms with Crippen LogP contribution in [0.4, 0.5) is 0 Å².